The first-order chi connectivity index (χ1) is 9.65. The molecule has 0 radical (unpaired) electrons. The number of piperidine rings is 1. The maximum Gasteiger partial charge on any atom is 0.274 e. The Kier molecular flexibility index (Phi) is 3.61. The van der Waals surface area contributed by atoms with E-state index in [-0.39, 0.29) is 10.6 Å². The van der Waals surface area contributed by atoms with Crippen LogP contribution in [0.4, 0.5) is 11.4 Å². The van der Waals surface area contributed by atoms with Gasteiger partial charge in [-0.25, -0.2) is 0 Å². The van der Waals surface area contributed by atoms with Gasteiger partial charge >= 0.3 is 0 Å². The van der Waals surface area contributed by atoms with Crippen LogP contribution in [0.15, 0.2) is 18.2 Å². The average Bonchev–Trinajstić information content (AvgIpc) is 2.88. The van der Waals surface area contributed by atoms with Crippen molar-refractivity contribution < 1.29 is 4.92 Å². The van der Waals surface area contributed by atoms with E-state index in [0.29, 0.717) is 12.1 Å². The largest absolute Gasteiger partial charge is 0.382 e. The molecule has 1 aromatic carbocycles. The van der Waals surface area contributed by atoms with Crippen LogP contribution >= 0.6 is 0 Å². The van der Waals surface area contributed by atoms with Gasteiger partial charge in [0.05, 0.1) is 4.92 Å². The van der Waals surface area contributed by atoms with Gasteiger partial charge in [0.2, 0.25) is 0 Å². The molecule has 2 atom stereocenters. The smallest absolute Gasteiger partial charge is 0.274 e. The number of hydrogen-bond donors (Lipinski definition) is 1. The lowest BCUT2D eigenvalue weighted by molar-refractivity contribution is -0.385. The lowest BCUT2D eigenvalue weighted by Gasteiger charge is -2.35. The monoisotopic (exact) mass is 275 g/mol. The maximum absolute atomic E-state index is 11.0. The highest BCUT2D eigenvalue weighted by Gasteiger charge is 2.31. The van der Waals surface area contributed by atoms with E-state index in [9.17, 15) is 10.1 Å². The summed E-state index contributed by atoms with van der Waals surface area (Å²) in [5.41, 5.74) is 1.86. The van der Waals surface area contributed by atoms with Gasteiger partial charge < -0.3 is 10.2 Å². The third-order valence-electron chi connectivity index (χ3n) is 4.68. The lowest BCUT2D eigenvalue weighted by atomic mass is 9.97. The van der Waals surface area contributed by atoms with Gasteiger partial charge in [-0.05, 0) is 45.2 Å². The van der Waals surface area contributed by atoms with Crippen molar-refractivity contribution in [3.8, 4) is 0 Å². The van der Waals surface area contributed by atoms with Crippen LogP contribution in [0.5, 0.6) is 0 Å². The highest BCUT2D eigenvalue weighted by molar-refractivity contribution is 5.60. The van der Waals surface area contributed by atoms with Gasteiger partial charge in [0.15, 0.2) is 0 Å². The van der Waals surface area contributed by atoms with Crippen molar-refractivity contribution in [2.75, 3.05) is 18.4 Å². The minimum absolute atomic E-state index is 0.202. The molecule has 2 saturated heterocycles. The summed E-state index contributed by atoms with van der Waals surface area (Å²) >= 11 is 0. The van der Waals surface area contributed by atoms with E-state index in [1.54, 1.807) is 12.1 Å². The van der Waals surface area contributed by atoms with Gasteiger partial charge in [0.1, 0.15) is 0 Å². The molecule has 5 nitrogen and oxygen atoms in total. The second kappa shape index (κ2) is 5.40. The van der Waals surface area contributed by atoms with Crippen LogP contribution in [0, 0.1) is 17.0 Å². The Morgan fingerprint density at radius 1 is 1.35 bits per heavy atom. The van der Waals surface area contributed by atoms with Crippen molar-refractivity contribution in [2.45, 2.75) is 44.7 Å². The van der Waals surface area contributed by atoms with Crippen molar-refractivity contribution in [1.82, 2.24) is 4.90 Å². The molecule has 0 aromatic heterocycles. The molecule has 20 heavy (non-hydrogen) atoms. The summed E-state index contributed by atoms with van der Waals surface area (Å²) < 4.78 is 0. The molecule has 2 aliphatic rings. The van der Waals surface area contributed by atoms with Gasteiger partial charge in [-0.2, -0.15) is 0 Å². The standard InChI is InChI=1S/C15H21N3O2/c1-11-14(5-2-6-15(11)18(19)20)16-12-7-9-17-8-3-4-13(17)10-12/h2,5-6,12-13,16H,3-4,7-10H2,1H3. The molecule has 1 aromatic rings. The van der Waals surface area contributed by atoms with Gasteiger partial charge in [-0.15, -0.1) is 0 Å². The molecule has 5 heteroatoms. The number of fused-ring (bicyclic) bond motifs is 1. The van der Waals surface area contributed by atoms with Gasteiger partial charge in [-0.3, -0.25) is 10.1 Å². The lowest BCUT2D eigenvalue weighted by Crippen LogP contribution is -2.42. The third kappa shape index (κ3) is 2.50. The summed E-state index contributed by atoms with van der Waals surface area (Å²) in [6.07, 6.45) is 4.89. The fourth-order valence-corrected chi connectivity index (χ4v) is 3.55. The van der Waals surface area contributed by atoms with E-state index in [2.05, 4.69) is 10.2 Å². The molecule has 2 heterocycles. The van der Waals surface area contributed by atoms with Crippen LogP contribution in [0.1, 0.15) is 31.2 Å². The molecular formula is C15H21N3O2. The summed E-state index contributed by atoms with van der Waals surface area (Å²) in [5, 5.41) is 14.5. The Labute approximate surface area is 119 Å². The van der Waals surface area contributed by atoms with Crippen LogP contribution in [-0.4, -0.2) is 35.0 Å². The molecule has 2 fully saturated rings. The maximum atomic E-state index is 11.0. The van der Waals surface area contributed by atoms with E-state index in [1.807, 2.05) is 13.0 Å². The van der Waals surface area contributed by atoms with Crippen LogP contribution in [0.25, 0.3) is 0 Å². The van der Waals surface area contributed by atoms with Gasteiger partial charge in [-0.1, -0.05) is 6.07 Å². The SMILES string of the molecule is Cc1c(NC2CCN3CCCC3C2)cccc1[N+](=O)[O-]. The molecule has 3 rings (SSSR count). The molecule has 0 aliphatic carbocycles. The van der Waals surface area contributed by atoms with Crippen molar-refractivity contribution in [3.63, 3.8) is 0 Å². The number of nitro benzene ring substituents is 1. The highest BCUT2D eigenvalue weighted by atomic mass is 16.6. The number of nitrogens with one attached hydrogen (secondary N) is 1. The number of nitro groups is 1. The van der Waals surface area contributed by atoms with E-state index in [1.165, 1.54) is 19.4 Å². The van der Waals surface area contributed by atoms with E-state index < -0.39 is 0 Å². The fourth-order valence-electron chi connectivity index (χ4n) is 3.55. The predicted octanol–water partition coefficient (Wildman–Crippen LogP) is 2.94. The molecule has 0 spiro atoms. The van der Waals surface area contributed by atoms with E-state index in [0.717, 1.165) is 30.6 Å². The van der Waals surface area contributed by atoms with Crippen LogP contribution in [0.3, 0.4) is 0 Å². The molecular weight excluding hydrogens is 254 g/mol. The van der Waals surface area contributed by atoms with Crippen LogP contribution < -0.4 is 5.32 Å². The number of anilines is 1. The highest BCUT2D eigenvalue weighted by Crippen LogP contribution is 2.31. The van der Waals surface area contributed by atoms with Crippen molar-refractivity contribution in [2.24, 2.45) is 0 Å². The first-order valence-corrected chi connectivity index (χ1v) is 7.40. The Bertz CT molecular complexity index is 518. The molecule has 2 unspecified atom stereocenters. The molecule has 108 valence electrons. The minimum Gasteiger partial charge on any atom is -0.382 e. The molecule has 1 N–H and O–H groups in total. The van der Waals surface area contributed by atoms with E-state index in [4.69, 9.17) is 0 Å². The second-order valence-corrected chi connectivity index (χ2v) is 5.90. The molecule has 0 bridgehead atoms. The molecule has 0 saturated carbocycles. The predicted molar refractivity (Wildman–Crippen MR) is 79.1 cm³/mol. The zero-order chi connectivity index (χ0) is 14.1. The van der Waals surface area contributed by atoms with Gasteiger partial charge in [0.25, 0.3) is 5.69 Å². The fraction of sp³-hybridized carbons (Fsp3) is 0.600. The normalized spacial score (nSPS) is 26.2. The Morgan fingerprint density at radius 2 is 2.20 bits per heavy atom. The quantitative estimate of drug-likeness (QED) is 0.680. The zero-order valence-electron chi connectivity index (χ0n) is 11.8. The topological polar surface area (TPSA) is 58.4 Å². The second-order valence-electron chi connectivity index (χ2n) is 5.90. The van der Waals surface area contributed by atoms with Gasteiger partial charge in [0, 0.05) is 35.9 Å². The summed E-state index contributed by atoms with van der Waals surface area (Å²) in [4.78, 5) is 13.3. The first-order valence-electron chi connectivity index (χ1n) is 7.40. The third-order valence-corrected chi connectivity index (χ3v) is 4.68. The summed E-state index contributed by atoms with van der Waals surface area (Å²) in [7, 11) is 0. The molecule has 2 aliphatic heterocycles. The Balaban J connectivity index is 1.72. The summed E-state index contributed by atoms with van der Waals surface area (Å²) in [6.45, 7) is 4.22. The molecule has 0 amide bonds. The zero-order valence-corrected chi connectivity index (χ0v) is 11.8. The first kappa shape index (κ1) is 13.4. The van der Waals surface area contributed by atoms with Crippen molar-refractivity contribution in [1.29, 1.82) is 0 Å². The summed E-state index contributed by atoms with van der Waals surface area (Å²) in [5.74, 6) is 0. The van der Waals surface area contributed by atoms with Crippen molar-refractivity contribution >= 4 is 11.4 Å². The average molecular weight is 275 g/mol. The van der Waals surface area contributed by atoms with Crippen LogP contribution in [-0.2, 0) is 0 Å². The number of hydrogen-bond acceptors (Lipinski definition) is 4. The number of benzene rings is 1. The Hall–Kier alpha value is -1.62. The Morgan fingerprint density at radius 3 is 3.00 bits per heavy atom. The minimum atomic E-state index is -0.305. The van der Waals surface area contributed by atoms with Crippen molar-refractivity contribution in [3.05, 3.63) is 33.9 Å². The summed E-state index contributed by atoms with van der Waals surface area (Å²) in [6, 6.07) is 6.43. The van der Waals surface area contributed by atoms with E-state index >= 15 is 0 Å². The number of nitrogens with zero attached hydrogens (tertiary/aromatic N) is 2. The van der Waals surface area contributed by atoms with Crippen LogP contribution in [0.2, 0.25) is 0 Å². The number of rotatable bonds is 3.